The highest BCUT2D eigenvalue weighted by molar-refractivity contribution is 7.89. The molecule has 6 nitrogen and oxygen atoms in total. The van der Waals surface area contributed by atoms with Gasteiger partial charge in [-0.1, -0.05) is 6.07 Å². The van der Waals surface area contributed by atoms with Gasteiger partial charge in [-0.15, -0.1) is 0 Å². The molecule has 0 amide bonds. The minimum absolute atomic E-state index is 0.0415. The summed E-state index contributed by atoms with van der Waals surface area (Å²) in [5, 5.41) is 0. The first kappa shape index (κ1) is 21.0. The van der Waals surface area contributed by atoms with Crippen LogP contribution in [0, 0.1) is 5.82 Å². The van der Waals surface area contributed by atoms with Gasteiger partial charge in [0, 0.05) is 6.54 Å². The van der Waals surface area contributed by atoms with E-state index in [0.717, 1.165) is 5.56 Å². The largest absolute Gasteiger partial charge is 0.494 e. The average Bonchev–Trinajstić information content (AvgIpc) is 2.66. The highest BCUT2D eigenvalue weighted by Gasteiger charge is 2.10. The Morgan fingerprint density at radius 3 is 2.37 bits per heavy atom. The predicted molar refractivity (Wildman–Crippen MR) is 102 cm³/mol. The third-order valence-electron chi connectivity index (χ3n) is 3.82. The van der Waals surface area contributed by atoms with Crippen molar-refractivity contribution in [2.24, 2.45) is 0 Å². The van der Waals surface area contributed by atoms with Crippen LogP contribution < -0.4 is 18.9 Å². The molecular formula is C19H24FNO5S. The van der Waals surface area contributed by atoms with Crippen molar-refractivity contribution in [2.75, 3.05) is 33.1 Å². The Morgan fingerprint density at radius 1 is 1.00 bits per heavy atom. The molecule has 0 aliphatic carbocycles. The molecule has 0 aromatic heterocycles. The minimum atomic E-state index is -3.39. The molecule has 0 radical (unpaired) electrons. The van der Waals surface area contributed by atoms with Crippen LogP contribution >= 0.6 is 0 Å². The van der Waals surface area contributed by atoms with Crippen LogP contribution in [0.2, 0.25) is 0 Å². The lowest BCUT2D eigenvalue weighted by Gasteiger charge is -2.10. The summed E-state index contributed by atoms with van der Waals surface area (Å²) in [5.74, 6) is 1.36. The zero-order chi connectivity index (χ0) is 19.7. The van der Waals surface area contributed by atoms with Crippen LogP contribution in [0.15, 0.2) is 42.5 Å². The van der Waals surface area contributed by atoms with Crippen molar-refractivity contribution >= 4 is 10.0 Å². The van der Waals surface area contributed by atoms with Gasteiger partial charge in [0.2, 0.25) is 10.0 Å². The summed E-state index contributed by atoms with van der Waals surface area (Å²) in [6.07, 6.45) is 0.870. The van der Waals surface area contributed by atoms with Crippen molar-refractivity contribution in [3.05, 3.63) is 53.8 Å². The van der Waals surface area contributed by atoms with Crippen LogP contribution in [-0.2, 0) is 16.4 Å². The maximum Gasteiger partial charge on any atom is 0.211 e. The van der Waals surface area contributed by atoms with E-state index in [1.807, 2.05) is 12.1 Å². The lowest BCUT2D eigenvalue weighted by atomic mass is 10.1. The molecule has 27 heavy (non-hydrogen) atoms. The lowest BCUT2D eigenvalue weighted by molar-refractivity contribution is 0.317. The Hall–Kier alpha value is -2.32. The topological polar surface area (TPSA) is 73.9 Å². The van der Waals surface area contributed by atoms with Gasteiger partial charge in [-0.25, -0.2) is 17.5 Å². The van der Waals surface area contributed by atoms with Crippen LogP contribution in [0.5, 0.6) is 17.2 Å². The molecule has 1 N–H and O–H groups in total. The van der Waals surface area contributed by atoms with Crippen LogP contribution in [0.25, 0.3) is 0 Å². The molecule has 2 aromatic carbocycles. The molecule has 0 heterocycles. The molecule has 8 heteroatoms. The second-order valence-electron chi connectivity index (χ2n) is 5.81. The van der Waals surface area contributed by atoms with Crippen LogP contribution in [0.1, 0.15) is 12.0 Å². The molecule has 0 atom stereocenters. The summed E-state index contributed by atoms with van der Waals surface area (Å²) in [4.78, 5) is 0. The standard InChI is InChI=1S/C19H24FNO5S/c1-24-18-9-4-15(14-19(18)25-2)10-11-21-27(22,23)13-3-12-26-17-7-5-16(20)6-8-17/h4-9,14,21H,3,10-13H2,1-2H3. The van der Waals surface area contributed by atoms with Crippen molar-refractivity contribution in [1.29, 1.82) is 0 Å². The summed E-state index contributed by atoms with van der Waals surface area (Å²) in [6.45, 7) is 0.527. The smallest absolute Gasteiger partial charge is 0.211 e. The number of halogens is 1. The molecule has 0 unspecified atom stereocenters. The maximum absolute atomic E-state index is 12.8. The quantitative estimate of drug-likeness (QED) is 0.590. The van der Waals surface area contributed by atoms with E-state index < -0.39 is 10.0 Å². The summed E-state index contributed by atoms with van der Waals surface area (Å²) in [6, 6.07) is 11.1. The van der Waals surface area contributed by atoms with Crippen molar-refractivity contribution in [1.82, 2.24) is 4.72 Å². The second kappa shape index (κ2) is 10.1. The Bertz CT molecular complexity index is 824. The number of benzene rings is 2. The lowest BCUT2D eigenvalue weighted by Crippen LogP contribution is -2.29. The molecule has 0 aliphatic heterocycles. The summed E-state index contributed by atoms with van der Waals surface area (Å²) in [5.41, 5.74) is 0.940. The van der Waals surface area contributed by atoms with E-state index in [4.69, 9.17) is 14.2 Å². The summed E-state index contributed by atoms with van der Waals surface area (Å²) < 4.78 is 55.3. The molecule has 0 saturated heterocycles. The van der Waals surface area contributed by atoms with Gasteiger partial charge in [0.1, 0.15) is 11.6 Å². The molecule has 0 aliphatic rings. The molecule has 2 aromatic rings. The SMILES string of the molecule is COc1ccc(CCNS(=O)(=O)CCCOc2ccc(F)cc2)cc1OC. The van der Waals surface area contributed by atoms with Crippen molar-refractivity contribution in [2.45, 2.75) is 12.8 Å². The molecule has 2 rings (SSSR count). The Balaban J connectivity index is 1.72. The fraction of sp³-hybridized carbons (Fsp3) is 0.368. The Kier molecular flexibility index (Phi) is 7.87. The monoisotopic (exact) mass is 397 g/mol. The van der Waals surface area contributed by atoms with Gasteiger partial charge in [0.25, 0.3) is 0 Å². The van der Waals surface area contributed by atoms with Gasteiger partial charge in [0.05, 0.1) is 26.6 Å². The molecule has 0 saturated carbocycles. The number of ether oxygens (including phenoxy) is 3. The van der Waals surface area contributed by atoms with Crippen LogP contribution in [0.3, 0.4) is 0 Å². The summed E-state index contributed by atoms with van der Waals surface area (Å²) >= 11 is 0. The van der Waals surface area contributed by atoms with Gasteiger partial charge >= 0.3 is 0 Å². The van der Waals surface area contributed by atoms with Crippen molar-refractivity contribution in [3.8, 4) is 17.2 Å². The first-order valence-corrected chi connectivity index (χ1v) is 10.2. The van der Waals surface area contributed by atoms with Crippen LogP contribution in [-0.4, -0.2) is 41.5 Å². The van der Waals surface area contributed by atoms with E-state index in [-0.39, 0.29) is 24.7 Å². The van der Waals surface area contributed by atoms with Gasteiger partial charge in [-0.05, 0) is 54.8 Å². The molecule has 0 spiro atoms. The number of hydrogen-bond acceptors (Lipinski definition) is 5. The van der Waals surface area contributed by atoms with Crippen molar-refractivity contribution < 1.29 is 27.0 Å². The van der Waals surface area contributed by atoms with Gasteiger partial charge in [0.15, 0.2) is 11.5 Å². The fourth-order valence-electron chi connectivity index (χ4n) is 2.43. The van der Waals surface area contributed by atoms with Gasteiger partial charge in [-0.3, -0.25) is 0 Å². The number of rotatable bonds is 11. The Morgan fingerprint density at radius 2 is 1.70 bits per heavy atom. The van der Waals surface area contributed by atoms with E-state index in [0.29, 0.717) is 30.1 Å². The fourth-order valence-corrected chi connectivity index (χ4v) is 3.48. The third-order valence-corrected chi connectivity index (χ3v) is 5.29. The van der Waals surface area contributed by atoms with Crippen LogP contribution in [0.4, 0.5) is 4.39 Å². The number of sulfonamides is 1. The number of nitrogens with one attached hydrogen (secondary N) is 1. The second-order valence-corrected chi connectivity index (χ2v) is 7.73. The predicted octanol–water partition coefficient (Wildman–Crippen LogP) is 2.77. The summed E-state index contributed by atoms with van der Waals surface area (Å²) in [7, 11) is -0.272. The molecule has 0 bridgehead atoms. The van der Waals surface area contributed by atoms with E-state index >= 15 is 0 Å². The van der Waals surface area contributed by atoms with Crippen molar-refractivity contribution in [3.63, 3.8) is 0 Å². The average molecular weight is 397 g/mol. The first-order chi connectivity index (χ1) is 12.9. The van der Waals surface area contributed by atoms with Gasteiger partial charge in [-0.2, -0.15) is 0 Å². The van der Waals surface area contributed by atoms with E-state index in [1.54, 1.807) is 20.3 Å². The maximum atomic E-state index is 12.8. The minimum Gasteiger partial charge on any atom is -0.494 e. The number of methoxy groups -OCH3 is 2. The highest BCUT2D eigenvalue weighted by atomic mass is 32.2. The van der Waals surface area contributed by atoms with E-state index in [9.17, 15) is 12.8 Å². The highest BCUT2D eigenvalue weighted by Crippen LogP contribution is 2.27. The molecular weight excluding hydrogens is 373 g/mol. The zero-order valence-corrected chi connectivity index (χ0v) is 16.2. The zero-order valence-electron chi connectivity index (χ0n) is 15.4. The molecule has 0 fully saturated rings. The van der Waals surface area contributed by atoms with E-state index in [2.05, 4.69) is 4.72 Å². The Labute approximate surface area is 159 Å². The van der Waals surface area contributed by atoms with Gasteiger partial charge < -0.3 is 14.2 Å². The number of hydrogen-bond donors (Lipinski definition) is 1. The normalized spacial score (nSPS) is 11.2. The first-order valence-electron chi connectivity index (χ1n) is 8.50. The van der Waals surface area contributed by atoms with E-state index in [1.165, 1.54) is 24.3 Å². The third kappa shape index (κ3) is 7.07. The molecule has 148 valence electrons.